The van der Waals surface area contributed by atoms with E-state index in [-0.39, 0.29) is 11.1 Å². The first-order valence-electron chi connectivity index (χ1n) is 2.80. The van der Waals surface area contributed by atoms with Crippen molar-refractivity contribution >= 4 is 28.4 Å². The summed E-state index contributed by atoms with van der Waals surface area (Å²) < 4.78 is 0. The molecule has 0 radical (unpaired) electrons. The Morgan fingerprint density at radius 3 is 2.45 bits per heavy atom. The Balaban J connectivity index is 3.05. The topological polar surface area (TPSA) is 37.3 Å². The van der Waals surface area contributed by atoms with Crippen molar-refractivity contribution in [3.63, 3.8) is 0 Å². The maximum atomic E-state index is 10.6. The van der Waals surface area contributed by atoms with Crippen LogP contribution < -0.4 is 0 Å². The lowest BCUT2D eigenvalue weighted by Crippen LogP contribution is -1.94. The van der Waals surface area contributed by atoms with Crippen molar-refractivity contribution in [1.82, 2.24) is 0 Å². The van der Waals surface area contributed by atoms with Crippen LogP contribution in [0.1, 0.15) is 0 Å². The highest BCUT2D eigenvalue weighted by Gasteiger charge is 2.16. The fourth-order valence-corrected chi connectivity index (χ4v) is 1.10. The fraction of sp³-hybridized carbons (Fsp3) is 0. The summed E-state index contributed by atoms with van der Waals surface area (Å²) in [5.74, 6) is 0. The monoisotopic (exact) mass is 190 g/mol. The van der Waals surface area contributed by atoms with Gasteiger partial charge in [0.15, 0.2) is 5.22 Å². The second-order valence-electron chi connectivity index (χ2n) is 1.92. The summed E-state index contributed by atoms with van der Waals surface area (Å²) in [6, 6.07) is 0. The predicted octanol–water partition coefficient (Wildman–Crippen LogP) is 2.26. The largest absolute Gasteiger partial charge is 0.498 e. The number of halogens is 2. The maximum absolute atomic E-state index is 10.6. The quantitative estimate of drug-likeness (QED) is 0.509. The molecule has 2 nitrogen and oxygen atoms in total. The molecule has 1 N–H and O–H groups in total. The van der Waals surface area contributed by atoms with Gasteiger partial charge in [-0.15, -0.1) is 0 Å². The van der Waals surface area contributed by atoms with Gasteiger partial charge in [0, 0.05) is 11.1 Å². The second kappa shape index (κ2) is 3.11. The molecule has 0 aromatic rings. The molecule has 0 aromatic carbocycles. The van der Waals surface area contributed by atoms with E-state index in [0.717, 1.165) is 0 Å². The van der Waals surface area contributed by atoms with Crippen molar-refractivity contribution in [2.45, 2.75) is 0 Å². The smallest absolute Gasteiger partial charge is 0.253 e. The molecular formula is C7H4Cl2O2. The molecule has 4 heteroatoms. The molecule has 0 atom stereocenters. The van der Waals surface area contributed by atoms with Crippen molar-refractivity contribution < 1.29 is 9.90 Å². The van der Waals surface area contributed by atoms with E-state index >= 15 is 0 Å². The van der Waals surface area contributed by atoms with Crippen LogP contribution in [0.4, 0.5) is 0 Å². The average Bonchev–Trinajstić information content (AvgIpc) is 2.32. The van der Waals surface area contributed by atoms with Crippen LogP contribution in [0.3, 0.4) is 0 Å². The molecule has 0 saturated carbocycles. The summed E-state index contributed by atoms with van der Waals surface area (Å²) in [7, 11) is 0. The third-order valence-corrected chi connectivity index (χ3v) is 1.66. The van der Waals surface area contributed by atoms with E-state index in [2.05, 4.69) is 0 Å². The second-order valence-corrected chi connectivity index (χ2v) is 2.62. The third-order valence-electron chi connectivity index (χ3n) is 1.25. The molecule has 1 aliphatic rings. The van der Waals surface area contributed by atoms with E-state index in [1.165, 1.54) is 12.2 Å². The molecule has 58 valence electrons. The standard InChI is InChI=1S/C7H4Cl2O2/c8-6(10)4-2-1-3-5(4)7(9)11/h1-3,10H. The first-order valence-corrected chi connectivity index (χ1v) is 3.56. The molecule has 1 aliphatic carbocycles. The van der Waals surface area contributed by atoms with E-state index in [1.807, 2.05) is 0 Å². The molecule has 0 amide bonds. The molecular weight excluding hydrogens is 187 g/mol. The van der Waals surface area contributed by atoms with Gasteiger partial charge in [-0.05, 0) is 35.4 Å². The zero-order chi connectivity index (χ0) is 8.43. The Labute approximate surface area is 73.4 Å². The lowest BCUT2D eigenvalue weighted by Gasteiger charge is -1.96. The highest BCUT2D eigenvalue weighted by atomic mass is 35.5. The Morgan fingerprint density at radius 1 is 1.45 bits per heavy atom. The van der Waals surface area contributed by atoms with Crippen LogP contribution in [-0.2, 0) is 4.79 Å². The number of aliphatic hydroxyl groups is 1. The minimum atomic E-state index is -0.628. The summed E-state index contributed by atoms with van der Waals surface area (Å²) in [5.41, 5.74) is 0.492. The zero-order valence-electron chi connectivity index (χ0n) is 5.34. The first-order chi connectivity index (χ1) is 5.13. The van der Waals surface area contributed by atoms with Gasteiger partial charge in [-0.2, -0.15) is 0 Å². The summed E-state index contributed by atoms with van der Waals surface area (Å²) in [5, 5.41) is 7.77. The predicted molar refractivity (Wildman–Crippen MR) is 43.6 cm³/mol. The number of hydrogen-bond donors (Lipinski definition) is 1. The van der Waals surface area contributed by atoms with Gasteiger partial charge in [0.25, 0.3) is 5.24 Å². The number of carbonyl (C=O) groups excluding carboxylic acids is 1. The van der Waals surface area contributed by atoms with Crippen molar-refractivity contribution in [2.75, 3.05) is 0 Å². The minimum absolute atomic E-state index is 0.221. The van der Waals surface area contributed by atoms with Crippen LogP contribution in [0.25, 0.3) is 0 Å². The van der Waals surface area contributed by atoms with Gasteiger partial charge < -0.3 is 5.11 Å². The highest BCUT2D eigenvalue weighted by Crippen LogP contribution is 2.24. The van der Waals surface area contributed by atoms with Gasteiger partial charge in [-0.3, -0.25) is 4.79 Å². The van der Waals surface area contributed by atoms with Crippen LogP contribution in [0.2, 0.25) is 0 Å². The van der Waals surface area contributed by atoms with Crippen molar-refractivity contribution in [3.05, 3.63) is 34.6 Å². The van der Waals surface area contributed by atoms with Gasteiger partial charge in [-0.25, -0.2) is 0 Å². The molecule has 0 unspecified atom stereocenters. The van der Waals surface area contributed by atoms with Gasteiger partial charge in [0.2, 0.25) is 0 Å². The van der Waals surface area contributed by atoms with Gasteiger partial charge >= 0.3 is 0 Å². The number of aliphatic hydroxyl groups excluding tert-OH is 1. The Morgan fingerprint density at radius 2 is 2.09 bits per heavy atom. The summed E-state index contributed by atoms with van der Waals surface area (Å²) in [6.45, 7) is 0. The van der Waals surface area contributed by atoms with Crippen LogP contribution in [-0.4, -0.2) is 10.3 Å². The normalized spacial score (nSPS) is 20.0. The summed E-state index contributed by atoms with van der Waals surface area (Å²) in [4.78, 5) is 10.6. The van der Waals surface area contributed by atoms with Crippen molar-refractivity contribution in [3.8, 4) is 0 Å². The molecule has 0 heterocycles. The van der Waals surface area contributed by atoms with Crippen LogP contribution in [0, 0.1) is 0 Å². The SMILES string of the molecule is O=C(Cl)C1=CC=CC1=C(O)Cl. The number of hydrogen-bond acceptors (Lipinski definition) is 2. The number of allylic oxidation sites excluding steroid dienone is 5. The molecule has 0 bridgehead atoms. The van der Waals surface area contributed by atoms with Crippen LogP contribution in [0.5, 0.6) is 0 Å². The van der Waals surface area contributed by atoms with Crippen LogP contribution >= 0.6 is 23.2 Å². The van der Waals surface area contributed by atoms with Gasteiger partial charge in [-0.1, -0.05) is 6.08 Å². The third kappa shape index (κ3) is 1.64. The maximum Gasteiger partial charge on any atom is 0.253 e. The average molecular weight is 191 g/mol. The number of rotatable bonds is 1. The number of carbonyl (C=O) groups is 1. The van der Waals surface area contributed by atoms with E-state index in [9.17, 15) is 4.79 Å². The van der Waals surface area contributed by atoms with Crippen molar-refractivity contribution in [2.24, 2.45) is 0 Å². The molecule has 0 aliphatic heterocycles. The summed E-state index contributed by atoms with van der Waals surface area (Å²) in [6.07, 6.45) is 4.59. The van der Waals surface area contributed by atoms with Gasteiger partial charge in [0.05, 0.1) is 0 Å². The minimum Gasteiger partial charge on any atom is -0.498 e. The van der Waals surface area contributed by atoms with Gasteiger partial charge in [0.1, 0.15) is 0 Å². The lowest BCUT2D eigenvalue weighted by atomic mass is 10.2. The Bertz CT molecular complexity index is 283. The molecule has 0 spiro atoms. The molecule has 0 fully saturated rings. The molecule has 0 saturated heterocycles. The summed E-state index contributed by atoms with van der Waals surface area (Å²) >= 11 is 10.4. The molecule has 0 aromatic heterocycles. The Kier molecular flexibility index (Phi) is 2.37. The van der Waals surface area contributed by atoms with E-state index < -0.39 is 10.5 Å². The van der Waals surface area contributed by atoms with Crippen LogP contribution in [0.15, 0.2) is 34.6 Å². The molecule has 11 heavy (non-hydrogen) atoms. The Hall–Kier alpha value is -0.730. The highest BCUT2D eigenvalue weighted by molar-refractivity contribution is 6.68. The van der Waals surface area contributed by atoms with Crippen molar-refractivity contribution in [1.29, 1.82) is 0 Å². The zero-order valence-corrected chi connectivity index (χ0v) is 6.86. The van der Waals surface area contributed by atoms with E-state index in [1.54, 1.807) is 6.08 Å². The first kappa shape index (κ1) is 8.37. The lowest BCUT2D eigenvalue weighted by molar-refractivity contribution is -0.108. The van der Waals surface area contributed by atoms with E-state index in [4.69, 9.17) is 28.3 Å². The van der Waals surface area contributed by atoms with E-state index in [0.29, 0.717) is 0 Å². The fourth-order valence-electron chi connectivity index (χ4n) is 0.771. The molecule has 1 rings (SSSR count).